The van der Waals surface area contributed by atoms with Crippen LogP contribution in [0.3, 0.4) is 0 Å². The predicted octanol–water partition coefficient (Wildman–Crippen LogP) is 4.30. The lowest BCUT2D eigenvalue weighted by Gasteiger charge is -2.30. The normalized spacial score (nSPS) is 16.5. The van der Waals surface area contributed by atoms with Crippen LogP contribution in [0.25, 0.3) is 27.8 Å². The quantitative estimate of drug-likeness (QED) is 0.237. The van der Waals surface area contributed by atoms with Gasteiger partial charge in [0.2, 0.25) is 0 Å². The molecule has 0 saturated heterocycles. The summed E-state index contributed by atoms with van der Waals surface area (Å²) in [6.45, 7) is 4.66. The number of fused-ring (bicyclic) bond motifs is 1. The third-order valence-corrected chi connectivity index (χ3v) is 9.41. The van der Waals surface area contributed by atoms with E-state index in [1.807, 2.05) is 25.1 Å². The molecule has 0 radical (unpaired) electrons. The van der Waals surface area contributed by atoms with Crippen molar-refractivity contribution in [1.29, 1.82) is 0 Å². The average molecular weight is 667 g/mol. The first-order valence-corrected chi connectivity index (χ1v) is 16.7. The minimum absolute atomic E-state index is 0.0358. The topological polar surface area (TPSA) is 110 Å². The molecule has 2 aromatic carbocycles. The van der Waals surface area contributed by atoms with Crippen LogP contribution in [-0.4, -0.2) is 79.9 Å². The van der Waals surface area contributed by atoms with Crippen molar-refractivity contribution >= 4 is 16.9 Å². The Kier molecular flexibility index (Phi) is 9.89. The maximum Gasteiger partial charge on any atom is 0.337 e. The number of aromatic nitrogens is 5. The van der Waals surface area contributed by atoms with E-state index in [4.69, 9.17) is 0 Å². The van der Waals surface area contributed by atoms with E-state index in [1.165, 1.54) is 14.7 Å². The number of rotatable bonds is 10. The van der Waals surface area contributed by atoms with Crippen LogP contribution in [0.2, 0.25) is 0 Å². The van der Waals surface area contributed by atoms with Gasteiger partial charge in [0.15, 0.2) is 5.65 Å². The fourth-order valence-corrected chi connectivity index (χ4v) is 6.54. The zero-order valence-corrected chi connectivity index (χ0v) is 28.7. The Morgan fingerprint density at radius 3 is 2.37 bits per heavy atom. The lowest BCUT2D eigenvalue weighted by Crippen LogP contribution is -2.45. The summed E-state index contributed by atoms with van der Waals surface area (Å²) < 4.78 is 18.8. The van der Waals surface area contributed by atoms with Gasteiger partial charge in [0.1, 0.15) is 11.5 Å². The second-order valence-corrected chi connectivity index (χ2v) is 13.4. The smallest absolute Gasteiger partial charge is 0.337 e. The third kappa shape index (κ3) is 7.40. The zero-order valence-electron chi connectivity index (χ0n) is 28.7. The molecule has 256 valence electrons. The molecule has 0 aliphatic heterocycles. The van der Waals surface area contributed by atoms with Gasteiger partial charge in [-0.3, -0.25) is 18.8 Å². The van der Waals surface area contributed by atoms with E-state index in [2.05, 4.69) is 70.6 Å². The van der Waals surface area contributed by atoms with Crippen LogP contribution in [0.5, 0.6) is 0 Å². The summed E-state index contributed by atoms with van der Waals surface area (Å²) in [5.41, 5.74) is 3.84. The van der Waals surface area contributed by atoms with Crippen LogP contribution in [-0.2, 0) is 13.6 Å². The zero-order chi connectivity index (χ0) is 34.8. The van der Waals surface area contributed by atoms with E-state index in [1.54, 1.807) is 23.9 Å². The van der Waals surface area contributed by atoms with Gasteiger partial charge in [-0.1, -0.05) is 36.4 Å². The number of likely N-dealkylation sites (N-methyl/N-ethyl adjacent to an activating group) is 2. The maximum absolute atomic E-state index is 14.5. The Morgan fingerprint density at radius 2 is 1.69 bits per heavy atom. The Hall–Kier alpha value is -4.94. The van der Waals surface area contributed by atoms with E-state index < -0.39 is 23.1 Å². The Bertz CT molecular complexity index is 2070. The van der Waals surface area contributed by atoms with E-state index in [0.29, 0.717) is 37.1 Å². The number of nitrogens with zero attached hydrogens (tertiary/aromatic N) is 7. The van der Waals surface area contributed by atoms with Crippen molar-refractivity contribution in [2.75, 3.05) is 34.2 Å². The summed E-state index contributed by atoms with van der Waals surface area (Å²) >= 11 is 0. The summed E-state index contributed by atoms with van der Waals surface area (Å²) in [5, 5.41) is 7.34. The van der Waals surface area contributed by atoms with Gasteiger partial charge in [-0.15, -0.1) is 0 Å². The van der Waals surface area contributed by atoms with Crippen LogP contribution < -0.4 is 16.6 Å². The molecule has 1 amide bonds. The third-order valence-electron chi connectivity index (χ3n) is 9.41. The van der Waals surface area contributed by atoms with Crippen molar-refractivity contribution in [2.45, 2.75) is 51.2 Å². The highest BCUT2D eigenvalue weighted by molar-refractivity contribution is 5.92. The highest BCUT2D eigenvalue weighted by Gasteiger charge is 2.28. The molecule has 49 heavy (non-hydrogen) atoms. The largest absolute Gasteiger partial charge is 0.348 e. The Morgan fingerprint density at radius 1 is 0.959 bits per heavy atom. The molecule has 12 heteroatoms. The molecule has 5 aromatic rings. The Labute approximate surface area is 284 Å². The number of carbonyl (C=O) groups is 1. The molecular weight excluding hydrogens is 623 g/mol. The monoisotopic (exact) mass is 666 g/mol. The molecule has 1 N–H and O–H groups in total. The summed E-state index contributed by atoms with van der Waals surface area (Å²) in [7, 11) is 8.03. The fraction of sp³-hybridized carbons (Fsp3) is 0.378. The molecule has 1 fully saturated rings. The number of amides is 1. The highest BCUT2D eigenvalue weighted by atomic mass is 19.1. The average Bonchev–Trinajstić information content (AvgIpc) is 3.43. The summed E-state index contributed by atoms with van der Waals surface area (Å²) in [4.78, 5) is 49.5. The molecule has 1 aliphatic carbocycles. The fourth-order valence-electron chi connectivity index (χ4n) is 6.54. The molecule has 0 bridgehead atoms. The van der Waals surface area contributed by atoms with Crippen molar-refractivity contribution in [3.8, 4) is 16.8 Å². The van der Waals surface area contributed by atoms with Gasteiger partial charge in [0.05, 0.1) is 17.3 Å². The molecule has 3 heterocycles. The van der Waals surface area contributed by atoms with Gasteiger partial charge in [0.25, 0.3) is 11.5 Å². The highest BCUT2D eigenvalue weighted by Crippen LogP contribution is 2.28. The Balaban J connectivity index is 1.27. The van der Waals surface area contributed by atoms with E-state index in [-0.39, 0.29) is 23.0 Å². The van der Waals surface area contributed by atoms with Crippen molar-refractivity contribution in [2.24, 2.45) is 7.05 Å². The van der Waals surface area contributed by atoms with Crippen molar-refractivity contribution in [1.82, 2.24) is 39.0 Å². The van der Waals surface area contributed by atoms with Gasteiger partial charge in [-0.05, 0) is 94.7 Å². The first-order chi connectivity index (χ1) is 23.5. The van der Waals surface area contributed by atoms with E-state index in [0.717, 1.165) is 48.7 Å². The molecule has 3 aromatic heterocycles. The molecule has 0 spiro atoms. The van der Waals surface area contributed by atoms with Gasteiger partial charge in [-0.25, -0.2) is 18.7 Å². The number of aryl methyl sites for hydroxylation is 2. The molecule has 6 rings (SSSR count). The number of hydrogen-bond acceptors (Lipinski definition) is 7. The molecule has 11 nitrogen and oxygen atoms in total. The number of benzene rings is 2. The first kappa shape index (κ1) is 33.9. The standard InChI is InChI=1S/C37H43FN8O3/c1-24-19-33(41-44(24)5)35(47)40-29-13-15-30(16-14-29)46-36(48)32-21-28(38)22-39-34(32)45(37(46)49)31-8-6-7-27(20-31)26-11-9-25(10-12-26)23-43(4)18-17-42(2)3/h6-12,19-22,29-30H,13-18,23H2,1-5H3,(H,40,47)/t29-,30+. The number of halogens is 1. The first-order valence-electron chi connectivity index (χ1n) is 16.7. The lowest BCUT2D eigenvalue weighted by atomic mass is 9.90. The number of hydrogen-bond donors (Lipinski definition) is 1. The molecule has 1 aliphatic rings. The molecule has 0 atom stereocenters. The van der Waals surface area contributed by atoms with Crippen LogP contribution >= 0.6 is 0 Å². The van der Waals surface area contributed by atoms with Gasteiger partial charge in [-0.2, -0.15) is 5.10 Å². The summed E-state index contributed by atoms with van der Waals surface area (Å²) in [6.07, 6.45) is 3.16. The summed E-state index contributed by atoms with van der Waals surface area (Å²) in [5.74, 6) is -0.903. The van der Waals surface area contributed by atoms with Crippen LogP contribution in [0.15, 0.2) is 76.4 Å². The van der Waals surface area contributed by atoms with Crippen molar-refractivity contribution in [3.05, 3.63) is 110 Å². The van der Waals surface area contributed by atoms with Crippen LogP contribution in [0.1, 0.15) is 53.5 Å². The second kappa shape index (κ2) is 14.3. The molecule has 0 unspecified atom stereocenters. The predicted molar refractivity (Wildman–Crippen MR) is 189 cm³/mol. The van der Waals surface area contributed by atoms with E-state index in [9.17, 15) is 18.8 Å². The summed E-state index contributed by atoms with van der Waals surface area (Å²) in [6, 6.07) is 18.2. The maximum atomic E-state index is 14.5. The lowest BCUT2D eigenvalue weighted by molar-refractivity contribution is 0.0916. The van der Waals surface area contributed by atoms with Gasteiger partial charge < -0.3 is 15.1 Å². The minimum atomic E-state index is -0.654. The van der Waals surface area contributed by atoms with Gasteiger partial charge >= 0.3 is 5.69 Å². The SMILES string of the molecule is Cc1cc(C(=O)N[C@H]2CC[C@@H](n3c(=O)c4cc(F)cnc4n(-c4cccc(-c5ccc(CN(C)CCN(C)C)cc5)c4)c3=O)CC2)nn1C. The number of pyridine rings is 1. The van der Waals surface area contributed by atoms with Crippen LogP contribution in [0, 0.1) is 12.7 Å². The van der Waals surface area contributed by atoms with Crippen molar-refractivity contribution in [3.63, 3.8) is 0 Å². The second-order valence-electron chi connectivity index (χ2n) is 13.4. The molecule has 1 saturated carbocycles. The van der Waals surface area contributed by atoms with Crippen molar-refractivity contribution < 1.29 is 9.18 Å². The minimum Gasteiger partial charge on any atom is -0.348 e. The van der Waals surface area contributed by atoms with E-state index >= 15 is 0 Å². The number of carbonyl (C=O) groups excluding carboxylic acids is 1. The van der Waals surface area contributed by atoms with Gasteiger partial charge in [0, 0.05) is 44.5 Å². The van der Waals surface area contributed by atoms with Crippen LogP contribution in [0.4, 0.5) is 4.39 Å². The number of nitrogens with one attached hydrogen (secondary N) is 1. The molecular formula is C37H43FN8O3.